The number of pyridine rings is 1. The Morgan fingerprint density at radius 3 is 2.70 bits per heavy atom. The van der Waals surface area contributed by atoms with Gasteiger partial charge in [0, 0.05) is 24.5 Å². The van der Waals surface area contributed by atoms with Crippen LogP contribution < -0.4 is 0 Å². The lowest BCUT2D eigenvalue weighted by Gasteiger charge is -2.13. The van der Waals surface area contributed by atoms with Gasteiger partial charge in [0.05, 0.1) is 22.9 Å². The van der Waals surface area contributed by atoms with Gasteiger partial charge in [0.25, 0.3) is 0 Å². The molecule has 0 saturated carbocycles. The first kappa shape index (κ1) is 16.2. The van der Waals surface area contributed by atoms with Crippen molar-refractivity contribution in [3.63, 3.8) is 0 Å². The molecule has 23 heavy (non-hydrogen) atoms. The second kappa shape index (κ2) is 6.42. The summed E-state index contributed by atoms with van der Waals surface area (Å²) in [4.78, 5) is 3.98. The van der Waals surface area contributed by atoms with E-state index < -0.39 is 21.2 Å². The Bertz CT molecular complexity index is 805. The molecule has 0 bridgehead atoms. The van der Waals surface area contributed by atoms with Gasteiger partial charge >= 0.3 is 0 Å². The van der Waals surface area contributed by atoms with Crippen LogP contribution in [0.25, 0.3) is 11.4 Å². The van der Waals surface area contributed by atoms with E-state index in [4.69, 9.17) is 0 Å². The summed E-state index contributed by atoms with van der Waals surface area (Å²) in [6.45, 7) is 4.23. The van der Waals surface area contributed by atoms with Gasteiger partial charge in [-0.3, -0.25) is 9.55 Å². The lowest BCUT2D eigenvalue weighted by atomic mass is 10.2. The van der Waals surface area contributed by atoms with Crippen molar-refractivity contribution in [2.24, 2.45) is 0 Å². The highest BCUT2D eigenvalue weighted by molar-refractivity contribution is 8.01. The van der Waals surface area contributed by atoms with E-state index in [1.165, 1.54) is 11.8 Å². The molecule has 122 valence electrons. The monoisotopic (exact) mass is 352 g/mol. The zero-order valence-corrected chi connectivity index (χ0v) is 13.9. The zero-order chi connectivity index (χ0) is 16.4. The number of sulfone groups is 1. The van der Waals surface area contributed by atoms with Crippen molar-refractivity contribution in [1.29, 1.82) is 0 Å². The molecule has 2 atom stereocenters. The fourth-order valence-corrected chi connectivity index (χ4v) is 5.96. The summed E-state index contributed by atoms with van der Waals surface area (Å²) in [7, 11) is -3.19. The summed E-state index contributed by atoms with van der Waals surface area (Å²) >= 11 is 1.24. The van der Waals surface area contributed by atoms with Gasteiger partial charge in [0.15, 0.2) is 20.8 Å². The van der Waals surface area contributed by atoms with Crippen molar-refractivity contribution in [1.82, 2.24) is 19.7 Å². The van der Waals surface area contributed by atoms with Gasteiger partial charge < -0.3 is 5.11 Å². The minimum Gasteiger partial charge on any atom is -0.391 e. The van der Waals surface area contributed by atoms with Crippen molar-refractivity contribution < 1.29 is 13.5 Å². The van der Waals surface area contributed by atoms with Crippen molar-refractivity contribution in [2.45, 2.75) is 23.1 Å². The number of rotatable bonds is 5. The summed E-state index contributed by atoms with van der Waals surface area (Å²) in [5.74, 6) is 0.409. The molecule has 7 nitrogen and oxygen atoms in total. The molecule has 0 radical (unpaired) electrons. The molecule has 1 saturated heterocycles. The molecule has 0 aliphatic carbocycles. The molecule has 2 aromatic heterocycles. The highest BCUT2D eigenvalue weighted by Crippen LogP contribution is 2.32. The zero-order valence-electron chi connectivity index (χ0n) is 12.2. The second-order valence-electron chi connectivity index (χ2n) is 5.24. The predicted molar refractivity (Wildman–Crippen MR) is 87.8 cm³/mol. The number of thioether (sulfide) groups is 1. The van der Waals surface area contributed by atoms with Gasteiger partial charge in [-0.2, -0.15) is 0 Å². The quantitative estimate of drug-likeness (QED) is 0.794. The van der Waals surface area contributed by atoms with Gasteiger partial charge in [0.2, 0.25) is 0 Å². The Morgan fingerprint density at radius 2 is 2.09 bits per heavy atom. The summed E-state index contributed by atoms with van der Waals surface area (Å²) in [6.07, 6.45) is 4.17. The van der Waals surface area contributed by atoms with Gasteiger partial charge in [-0.1, -0.05) is 17.8 Å². The maximum atomic E-state index is 11.6. The number of allylic oxidation sites excluding steroid dienone is 1. The normalized spacial score (nSPS) is 23.0. The van der Waals surface area contributed by atoms with Crippen LogP contribution in [0.4, 0.5) is 0 Å². The van der Waals surface area contributed by atoms with Crippen LogP contribution in [0.1, 0.15) is 0 Å². The van der Waals surface area contributed by atoms with Crippen molar-refractivity contribution in [2.75, 3.05) is 11.5 Å². The largest absolute Gasteiger partial charge is 0.391 e. The lowest BCUT2D eigenvalue weighted by molar-refractivity contribution is 0.207. The number of aliphatic hydroxyl groups excluding tert-OH is 1. The van der Waals surface area contributed by atoms with E-state index in [0.717, 1.165) is 5.56 Å². The molecule has 2 aromatic rings. The third-order valence-corrected chi connectivity index (χ3v) is 6.72. The molecule has 1 aliphatic heterocycles. The molecular formula is C14H16N4O3S2. The first-order valence-electron chi connectivity index (χ1n) is 7.00. The summed E-state index contributed by atoms with van der Waals surface area (Å²) < 4.78 is 25.1. The van der Waals surface area contributed by atoms with Gasteiger partial charge in [-0.25, -0.2) is 8.42 Å². The molecule has 1 N–H and O–H groups in total. The van der Waals surface area contributed by atoms with Gasteiger partial charge in [-0.15, -0.1) is 16.8 Å². The van der Waals surface area contributed by atoms with Crippen LogP contribution in [0.5, 0.6) is 0 Å². The number of hydrogen-bond acceptors (Lipinski definition) is 7. The molecule has 1 aliphatic rings. The summed E-state index contributed by atoms with van der Waals surface area (Å²) in [5.41, 5.74) is 0.862. The molecule has 3 heterocycles. The maximum absolute atomic E-state index is 11.6. The minimum atomic E-state index is -3.19. The second-order valence-corrected chi connectivity index (χ2v) is 8.60. The molecule has 3 rings (SSSR count). The molecule has 9 heteroatoms. The Balaban J connectivity index is 1.91. The van der Waals surface area contributed by atoms with E-state index >= 15 is 0 Å². The van der Waals surface area contributed by atoms with E-state index in [0.29, 0.717) is 17.5 Å². The third-order valence-electron chi connectivity index (χ3n) is 3.50. The van der Waals surface area contributed by atoms with E-state index in [-0.39, 0.29) is 11.5 Å². The van der Waals surface area contributed by atoms with Crippen molar-refractivity contribution in [3.8, 4) is 11.4 Å². The SMILES string of the molecule is C=CCn1c(S[C@H]2CS(=O)(=O)C[C@H]2O)nnc1-c1ccncc1. The Morgan fingerprint density at radius 1 is 1.35 bits per heavy atom. The van der Waals surface area contributed by atoms with E-state index in [2.05, 4.69) is 21.8 Å². The van der Waals surface area contributed by atoms with Gasteiger partial charge in [-0.05, 0) is 12.1 Å². The summed E-state index contributed by atoms with van der Waals surface area (Å²) in [5, 5.41) is 18.4. The third kappa shape index (κ3) is 3.46. The van der Waals surface area contributed by atoms with Crippen LogP contribution in [0.2, 0.25) is 0 Å². The fourth-order valence-electron chi connectivity index (χ4n) is 2.43. The van der Waals surface area contributed by atoms with Crippen LogP contribution >= 0.6 is 11.8 Å². The number of aliphatic hydroxyl groups is 1. The highest BCUT2D eigenvalue weighted by atomic mass is 32.2. The average Bonchev–Trinajstić information content (AvgIpc) is 3.01. The first-order chi connectivity index (χ1) is 11.0. The summed E-state index contributed by atoms with van der Waals surface area (Å²) in [6, 6.07) is 3.65. The minimum absolute atomic E-state index is 0.0512. The van der Waals surface area contributed by atoms with Crippen LogP contribution in [0.3, 0.4) is 0 Å². The number of hydrogen-bond donors (Lipinski definition) is 1. The van der Waals surface area contributed by atoms with E-state index in [1.54, 1.807) is 18.5 Å². The highest BCUT2D eigenvalue weighted by Gasteiger charge is 2.38. The molecule has 0 unspecified atom stereocenters. The average molecular weight is 352 g/mol. The maximum Gasteiger partial charge on any atom is 0.192 e. The first-order valence-corrected chi connectivity index (χ1v) is 9.70. The number of nitrogens with zero attached hydrogens (tertiary/aromatic N) is 4. The number of aromatic nitrogens is 4. The van der Waals surface area contributed by atoms with E-state index in [1.807, 2.05) is 16.7 Å². The fraction of sp³-hybridized carbons (Fsp3) is 0.357. The van der Waals surface area contributed by atoms with E-state index in [9.17, 15) is 13.5 Å². The Labute approximate surface area is 138 Å². The molecular weight excluding hydrogens is 336 g/mol. The molecule has 1 fully saturated rings. The molecule has 0 spiro atoms. The van der Waals surface area contributed by atoms with Crippen LogP contribution in [0, 0.1) is 0 Å². The smallest absolute Gasteiger partial charge is 0.192 e. The van der Waals surface area contributed by atoms with Crippen LogP contribution in [-0.4, -0.2) is 56.1 Å². The predicted octanol–water partition coefficient (Wildman–Crippen LogP) is 0.776. The standard InChI is InChI=1S/C14H16N4O3S2/c1-2-7-18-13(10-3-5-15-6-4-10)16-17-14(18)22-12-9-23(20,21)8-11(12)19/h2-6,11-12,19H,1,7-9H2/t11-,12+/m1/s1. The van der Waals surface area contributed by atoms with Crippen LogP contribution in [-0.2, 0) is 16.4 Å². The Kier molecular flexibility index (Phi) is 4.51. The molecule has 0 aromatic carbocycles. The lowest BCUT2D eigenvalue weighted by Crippen LogP contribution is -2.20. The molecule has 0 amide bonds. The van der Waals surface area contributed by atoms with Gasteiger partial charge in [0.1, 0.15) is 0 Å². The Hall–Kier alpha value is -1.71. The van der Waals surface area contributed by atoms with Crippen molar-refractivity contribution >= 4 is 21.6 Å². The van der Waals surface area contributed by atoms with Crippen molar-refractivity contribution in [3.05, 3.63) is 37.2 Å². The van der Waals surface area contributed by atoms with Crippen LogP contribution in [0.15, 0.2) is 42.3 Å². The topological polar surface area (TPSA) is 98.0 Å².